The summed E-state index contributed by atoms with van der Waals surface area (Å²) in [5.74, 6) is -0.491. The molecule has 0 aromatic heterocycles. The molecule has 0 amide bonds. The maximum atomic E-state index is 14.2. The number of ether oxygens (including phenoxy) is 1. The van der Waals surface area contributed by atoms with Crippen LogP contribution in [0.25, 0.3) is 0 Å². The minimum atomic E-state index is -3.87. The van der Waals surface area contributed by atoms with Gasteiger partial charge in [-0.05, 0) is 37.8 Å². The highest BCUT2D eigenvalue weighted by molar-refractivity contribution is 7.89. The van der Waals surface area contributed by atoms with Crippen LogP contribution in [0.4, 0.5) is 4.39 Å². The Morgan fingerprint density at radius 2 is 2.08 bits per heavy atom. The maximum absolute atomic E-state index is 14.2. The number of nitrogens with one attached hydrogen (secondary N) is 1. The first-order valence-corrected chi connectivity index (χ1v) is 9.33. The van der Waals surface area contributed by atoms with E-state index in [1.165, 1.54) is 26.2 Å². The molecule has 2 atom stereocenters. The number of halogens is 2. The van der Waals surface area contributed by atoms with Gasteiger partial charge in [-0.25, -0.2) is 17.5 Å². The molecular weight excluding hydrogens is 355 g/mol. The third kappa shape index (κ3) is 3.85. The SMILES string of the molecule is COc1ccc(S(=O)(=O)NC2(CN)CCCCC2C)c(C)c1F.Cl. The Kier molecular flexibility index (Phi) is 7.04. The van der Waals surface area contributed by atoms with E-state index in [0.717, 1.165) is 19.3 Å². The van der Waals surface area contributed by atoms with Gasteiger partial charge < -0.3 is 10.5 Å². The van der Waals surface area contributed by atoms with Gasteiger partial charge in [0.1, 0.15) is 0 Å². The zero-order valence-electron chi connectivity index (χ0n) is 14.3. The molecule has 2 unspecified atom stereocenters. The molecule has 2 rings (SSSR count). The van der Waals surface area contributed by atoms with Crippen LogP contribution in [0, 0.1) is 18.7 Å². The predicted octanol–water partition coefficient (Wildman–Crippen LogP) is 2.75. The van der Waals surface area contributed by atoms with Crippen LogP contribution >= 0.6 is 12.4 Å². The summed E-state index contributed by atoms with van der Waals surface area (Å²) in [7, 11) is -2.52. The fraction of sp³-hybridized carbons (Fsp3) is 0.625. The van der Waals surface area contributed by atoms with Gasteiger partial charge >= 0.3 is 0 Å². The molecule has 138 valence electrons. The molecule has 1 aromatic rings. The zero-order valence-corrected chi connectivity index (χ0v) is 15.9. The minimum Gasteiger partial charge on any atom is -0.494 e. The lowest BCUT2D eigenvalue weighted by Gasteiger charge is -2.42. The monoisotopic (exact) mass is 380 g/mol. The van der Waals surface area contributed by atoms with Crippen molar-refractivity contribution in [2.24, 2.45) is 11.7 Å². The molecule has 3 N–H and O–H groups in total. The van der Waals surface area contributed by atoms with Crippen molar-refractivity contribution in [2.45, 2.75) is 50.0 Å². The largest absolute Gasteiger partial charge is 0.494 e. The molecule has 24 heavy (non-hydrogen) atoms. The Balaban J connectivity index is 0.00000288. The molecule has 0 aliphatic heterocycles. The highest BCUT2D eigenvalue weighted by Gasteiger charge is 2.41. The molecule has 1 aliphatic rings. The molecule has 0 radical (unpaired) electrons. The summed E-state index contributed by atoms with van der Waals surface area (Å²) in [5.41, 5.74) is 5.29. The van der Waals surface area contributed by atoms with E-state index >= 15 is 0 Å². The Morgan fingerprint density at radius 3 is 2.62 bits per heavy atom. The first-order valence-electron chi connectivity index (χ1n) is 7.84. The Morgan fingerprint density at radius 1 is 1.42 bits per heavy atom. The molecular formula is C16H26ClFN2O3S. The maximum Gasteiger partial charge on any atom is 0.241 e. The van der Waals surface area contributed by atoms with Gasteiger partial charge in [-0.1, -0.05) is 19.8 Å². The number of rotatable bonds is 5. The van der Waals surface area contributed by atoms with Gasteiger partial charge in [0, 0.05) is 17.6 Å². The summed E-state index contributed by atoms with van der Waals surface area (Å²) in [4.78, 5) is -0.0681. The number of nitrogens with two attached hydrogens (primary N) is 1. The fourth-order valence-electron chi connectivity index (χ4n) is 3.32. The quantitative estimate of drug-likeness (QED) is 0.822. The van der Waals surface area contributed by atoms with E-state index in [1.807, 2.05) is 6.92 Å². The smallest absolute Gasteiger partial charge is 0.241 e. The van der Waals surface area contributed by atoms with Crippen molar-refractivity contribution in [3.63, 3.8) is 0 Å². The molecule has 0 saturated heterocycles. The van der Waals surface area contributed by atoms with Crippen LogP contribution in [0.5, 0.6) is 5.75 Å². The van der Waals surface area contributed by atoms with E-state index in [-0.39, 0.29) is 41.1 Å². The Labute approximate surface area is 149 Å². The third-order valence-corrected chi connectivity index (χ3v) is 6.66. The molecule has 0 bridgehead atoms. The summed E-state index contributed by atoms with van der Waals surface area (Å²) in [6.45, 7) is 3.67. The number of sulfonamides is 1. The second-order valence-corrected chi connectivity index (χ2v) is 7.97. The highest BCUT2D eigenvalue weighted by Crippen LogP contribution is 2.35. The van der Waals surface area contributed by atoms with Crippen molar-refractivity contribution < 1.29 is 17.5 Å². The van der Waals surface area contributed by atoms with E-state index in [9.17, 15) is 12.8 Å². The van der Waals surface area contributed by atoms with Crippen molar-refractivity contribution in [1.82, 2.24) is 4.72 Å². The summed E-state index contributed by atoms with van der Waals surface area (Å²) in [6, 6.07) is 2.70. The van der Waals surface area contributed by atoms with Gasteiger partial charge in [0.05, 0.1) is 12.0 Å². The first-order chi connectivity index (χ1) is 10.8. The van der Waals surface area contributed by atoms with Gasteiger partial charge in [0.2, 0.25) is 10.0 Å². The average Bonchev–Trinajstić information content (AvgIpc) is 2.51. The number of methoxy groups -OCH3 is 1. The van der Waals surface area contributed by atoms with Crippen molar-refractivity contribution in [2.75, 3.05) is 13.7 Å². The van der Waals surface area contributed by atoms with Crippen molar-refractivity contribution in [1.29, 1.82) is 0 Å². The van der Waals surface area contributed by atoms with Gasteiger partial charge in [-0.3, -0.25) is 0 Å². The van der Waals surface area contributed by atoms with Crippen LogP contribution in [-0.4, -0.2) is 27.6 Å². The van der Waals surface area contributed by atoms with Crippen molar-refractivity contribution >= 4 is 22.4 Å². The van der Waals surface area contributed by atoms with Crippen LogP contribution in [0.3, 0.4) is 0 Å². The molecule has 1 saturated carbocycles. The van der Waals surface area contributed by atoms with Crippen LogP contribution < -0.4 is 15.2 Å². The standard InChI is InChI=1S/C16H25FN2O3S.ClH/c1-11-6-4-5-9-16(11,10-18)19-23(20,21)14-8-7-13(22-3)15(17)12(14)2;/h7-8,11,19H,4-6,9-10,18H2,1-3H3;1H. The van der Waals surface area contributed by atoms with Crippen LogP contribution in [0.1, 0.15) is 38.2 Å². The summed E-state index contributed by atoms with van der Waals surface area (Å²) in [6.07, 6.45) is 3.62. The molecule has 1 aromatic carbocycles. The van der Waals surface area contributed by atoms with Crippen LogP contribution in [0.2, 0.25) is 0 Å². The zero-order chi connectivity index (χ0) is 17.3. The number of hydrogen-bond donors (Lipinski definition) is 2. The molecule has 5 nitrogen and oxygen atoms in total. The molecule has 1 aliphatic carbocycles. The Bertz CT molecular complexity index is 684. The second kappa shape index (κ2) is 7.99. The Hall–Kier alpha value is -0.890. The van der Waals surface area contributed by atoms with Crippen LogP contribution in [-0.2, 0) is 10.0 Å². The predicted molar refractivity (Wildman–Crippen MR) is 94.7 cm³/mol. The first kappa shape index (κ1) is 21.2. The molecule has 8 heteroatoms. The fourth-order valence-corrected chi connectivity index (χ4v) is 5.10. The van der Waals surface area contributed by atoms with Gasteiger partial charge in [-0.15, -0.1) is 12.4 Å². The van der Waals surface area contributed by atoms with Gasteiger partial charge in [0.25, 0.3) is 0 Å². The van der Waals surface area contributed by atoms with Gasteiger partial charge in [-0.2, -0.15) is 0 Å². The lowest BCUT2D eigenvalue weighted by Crippen LogP contribution is -2.59. The normalized spacial score (nSPS) is 24.3. The van der Waals surface area contributed by atoms with Gasteiger partial charge in [0.15, 0.2) is 11.6 Å². The van der Waals surface area contributed by atoms with E-state index in [2.05, 4.69) is 4.72 Å². The second-order valence-electron chi connectivity index (χ2n) is 6.32. The van der Waals surface area contributed by atoms with Crippen molar-refractivity contribution in [3.05, 3.63) is 23.5 Å². The van der Waals surface area contributed by atoms with E-state index in [1.54, 1.807) is 0 Å². The topological polar surface area (TPSA) is 81.4 Å². The molecule has 1 fully saturated rings. The average molecular weight is 381 g/mol. The number of benzene rings is 1. The molecule has 0 spiro atoms. The highest BCUT2D eigenvalue weighted by atomic mass is 35.5. The van der Waals surface area contributed by atoms with E-state index in [4.69, 9.17) is 10.5 Å². The lowest BCUT2D eigenvalue weighted by molar-refractivity contribution is 0.191. The molecule has 0 heterocycles. The van der Waals surface area contributed by atoms with E-state index in [0.29, 0.717) is 6.42 Å². The summed E-state index contributed by atoms with van der Waals surface area (Å²) < 4.78 is 47.5. The van der Waals surface area contributed by atoms with E-state index < -0.39 is 21.4 Å². The van der Waals surface area contributed by atoms with Crippen molar-refractivity contribution in [3.8, 4) is 5.75 Å². The summed E-state index contributed by atoms with van der Waals surface area (Å²) >= 11 is 0. The van der Waals surface area contributed by atoms with Crippen LogP contribution in [0.15, 0.2) is 17.0 Å². The minimum absolute atomic E-state index is 0. The third-order valence-electron chi connectivity index (χ3n) is 4.97. The number of hydrogen-bond acceptors (Lipinski definition) is 4. The lowest BCUT2D eigenvalue weighted by atomic mass is 9.74. The summed E-state index contributed by atoms with van der Waals surface area (Å²) in [5, 5.41) is 0.